The molecule has 2 aromatic heterocycles. The number of nitrogens with zero attached hydrogens (tertiary/aromatic N) is 4. The number of benzene rings is 1. The van der Waals surface area contributed by atoms with Crippen molar-refractivity contribution >= 4 is 22.6 Å². The summed E-state index contributed by atoms with van der Waals surface area (Å²) < 4.78 is 3.04. The molecule has 1 aromatic carbocycles. The smallest absolute Gasteiger partial charge is 0.278 e. The average Bonchev–Trinajstić information content (AvgIpc) is 3.10. The molecule has 166 valence electrons. The van der Waals surface area contributed by atoms with Crippen LogP contribution in [0.15, 0.2) is 47.0 Å². The molecule has 0 unspecified atom stereocenters. The molecule has 8 heteroatoms. The first-order valence-electron chi connectivity index (χ1n) is 10.6. The zero-order valence-electron chi connectivity index (χ0n) is 18.7. The first kappa shape index (κ1) is 23.0. The van der Waals surface area contributed by atoms with Crippen molar-refractivity contribution in [2.45, 2.75) is 40.3 Å². The Morgan fingerprint density at radius 3 is 2.78 bits per heavy atom. The highest BCUT2D eigenvalue weighted by atomic mass is 16.1. The number of nitriles is 1. The molecule has 0 aliphatic heterocycles. The number of aromatic nitrogens is 3. The fourth-order valence-electron chi connectivity index (χ4n) is 3.52. The Balaban J connectivity index is 2.12. The van der Waals surface area contributed by atoms with Crippen molar-refractivity contribution in [1.29, 1.82) is 5.26 Å². The number of allylic oxidation sites excluding steroid dienone is 2. The lowest BCUT2D eigenvalue weighted by Gasteiger charge is -2.11. The molecular formula is C24H28N6O2. The Morgan fingerprint density at radius 1 is 1.34 bits per heavy atom. The monoisotopic (exact) mass is 432 g/mol. The first-order valence-corrected chi connectivity index (χ1v) is 10.6. The molecule has 0 aliphatic carbocycles. The predicted octanol–water partition coefficient (Wildman–Crippen LogP) is 2.85. The van der Waals surface area contributed by atoms with Gasteiger partial charge in [0.15, 0.2) is 5.78 Å². The Bertz CT molecular complexity index is 1270. The number of hydrogen-bond donors (Lipinski definition) is 2. The van der Waals surface area contributed by atoms with Gasteiger partial charge in [-0.1, -0.05) is 36.8 Å². The number of hydrogen-bond acceptors (Lipinski definition) is 6. The van der Waals surface area contributed by atoms with E-state index in [1.54, 1.807) is 10.6 Å². The van der Waals surface area contributed by atoms with Crippen molar-refractivity contribution in [1.82, 2.24) is 14.1 Å². The minimum absolute atomic E-state index is 0.129. The fourth-order valence-corrected chi connectivity index (χ4v) is 3.52. The van der Waals surface area contributed by atoms with Crippen LogP contribution in [-0.4, -0.2) is 33.0 Å². The summed E-state index contributed by atoms with van der Waals surface area (Å²) in [6, 6.07) is 9.56. The Labute approximate surface area is 187 Å². The third-order valence-electron chi connectivity index (χ3n) is 5.23. The molecule has 0 saturated carbocycles. The molecule has 8 nitrogen and oxygen atoms in total. The fraction of sp³-hybridized carbons (Fsp3) is 0.333. The van der Waals surface area contributed by atoms with E-state index in [9.17, 15) is 14.9 Å². The maximum atomic E-state index is 13.4. The van der Waals surface area contributed by atoms with Gasteiger partial charge in [-0.05, 0) is 31.9 Å². The molecular weight excluding hydrogens is 404 g/mol. The Morgan fingerprint density at radius 2 is 2.12 bits per heavy atom. The van der Waals surface area contributed by atoms with Crippen LogP contribution in [0.3, 0.4) is 0 Å². The van der Waals surface area contributed by atoms with Gasteiger partial charge in [-0.3, -0.25) is 14.2 Å². The number of carbonyl (C=O) groups excluding carboxylic acids is 1. The molecule has 0 fully saturated rings. The summed E-state index contributed by atoms with van der Waals surface area (Å²) in [5.74, 6) is 0.336. The molecule has 32 heavy (non-hydrogen) atoms. The van der Waals surface area contributed by atoms with E-state index in [0.29, 0.717) is 42.1 Å². The van der Waals surface area contributed by atoms with Gasteiger partial charge in [-0.2, -0.15) is 5.26 Å². The van der Waals surface area contributed by atoms with Gasteiger partial charge in [-0.25, -0.2) is 4.98 Å². The zero-order valence-corrected chi connectivity index (χ0v) is 18.7. The topological polar surface area (TPSA) is 119 Å². The number of anilines is 1. The highest BCUT2D eigenvalue weighted by Crippen LogP contribution is 2.26. The first-order chi connectivity index (χ1) is 15.4. The van der Waals surface area contributed by atoms with Crippen molar-refractivity contribution in [2.24, 2.45) is 5.73 Å². The molecule has 0 amide bonds. The van der Waals surface area contributed by atoms with E-state index < -0.39 is 0 Å². The number of ketones is 1. The number of aryl methyl sites for hydroxylation is 1. The highest BCUT2D eigenvalue weighted by Gasteiger charge is 2.22. The molecule has 0 saturated heterocycles. The van der Waals surface area contributed by atoms with Crippen LogP contribution in [-0.2, 0) is 19.5 Å². The third-order valence-corrected chi connectivity index (χ3v) is 5.23. The van der Waals surface area contributed by atoms with Gasteiger partial charge < -0.3 is 15.6 Å². The van der Waals surface area contributed by atoms with Gasteiger partial charge >= 0.3 is 0 Å². The van der Waals surface area contributed by atoms with E-state index in [1.807, 2.05) is 45.0 Å². The second-order valence-corrected chi connectivity index (χ2v) is 7.79. The molecule has 0 aliphatic rings. The lowest BCUT2D eigenvalue weighted by molar-refractivity contribution is 0.0970. The van der Waals surface area contributed by atoms with Crippen molar-refractivity contribution in [3.05, 3.63) is 69.3 Å². The molecule has 0 radical (unpaired) electrons. The molecule has 0 atom stereocenters. The minimum Gasteiger partial charge on any atom is -0.369 e. The van der Waals surface area contributed by atoms with Crippen LogP contribution in [0.4, 0.5) is 5.82 Å². The molecule has 2 heterocycles. The van der Waals surface area contributed by atoms with Gasteiger partial charge in [0.05, 0.1) is 12.9 Å². The van der Waals surface area contributed by atoms with Crippen molar-refractivity contribution in [3.8, 4) is 6.07 Å². The van der Waals surface area contributed by atoms with Crippen LogP contribution in [0, 0.1) is 11.3 Å². The Hall–Kier alpha value is -3.70. The number of fused-ring (bicyclic) bond motifs is 1. The van der Waals surface area contributed by atoms with E-state index in [4.69, 9.17) is 5.73 Å². The predicted molar refractivity (Wildman–Crippen MR) is 126 cm³/mol. The minimum atomic E-state index is -0.366. The standard InChI is InChI=1S/C24H28N6O2/c1-4-17-6-5-7-18(12-17)20(31)14-29-15-28-21-19(13-26)23(27-10-9-25)30(11-8-16(2)3)22(21)24(29)32/h5-8,12,15,27H,4,9-11,14,25H2,1-3H3. The van der Waals surface area contributed by atoms with Crippen molar-refractivity contribution < 1.29 is 4.79 Å². The van der Waals surface area contributed by atoms with Crippen LogP contribution in [0.2, 0.25) is 0 Å². The van der Waals surface area contributed by atoms with Crippen LogP contribution >= 0.6 is 0 Å². The second kappa shape index (κ2) is 10.1. The normalized spacial score (nSPS) is 10.7. The van der Waals surface area contributed by atoms with Crippen molar-refractivity contribution in [2.75, 3.05) is 18.4 Å². The maximum Gasteiger partial charge on any atom is 0.278 e. The molecule has 0 spiro atoms. The average molecular weight is 433 g/mol. The summed E-state index contributed by atoms with van der Waals surface area (Å²) in [5, 5.41) is 12.9. The van der Waals surface area contributed by atoms with Gasteiger partial charge in [0.1, 0.15) is 28.5 Å². The SMILES string of the molecule is CCc1cccc(C(=O)Cn2cnc3c(C#N)c(NCCN)n(CC=C(C)C)c3c2=O)c1. The molecule has 3 aromatic rings. The summed E-state index contributed by atoms with van der Waals surface area (Å²) >= 11 is 0. The van der Waals surface area contributed by atoms with Crippen LogP contribution in [0.25, 0.3) is 11.0 Å². The third kappa shape index (κ3) is 4.63. The van der Waals surface area contributed by atoms with E-state index in [-0.39, 0.29) is 23.4 Å². The number of nitrogens with one attached hydrogen (secondary N) is 1. The van der Waals surface area contributed by atoms with E-state index in [1.165, 1.54) is 10.9 Å². The van der Waals surface area contributed by atoms with E-state index >= 15 is 0 Å². The van der Waals surface area contributed by atoms with Crippen molar-refractivity contribution in [3.63, 3.8) is 0 Å². The van der Waals surface area contributed by atoms with Crippen LogP contribution in [0.5, 0.6) is 0 Å². The molecule has 3 rings (SSSR count). The lowest BCUT2D eigenvalue weighted by atomic mass is 10.1. The molecule has 3 N–H and O–H groups in total. The van der Waals surface area contributed by atoms with Crippen LogP contribution < -0.4 is 16.6 Å². The number of nitrogens with two attached hydrogens (primary N) is 1. The van der Waals surface area contributed by atoms with Crippen LogP contribution in [0.1, 0.15) is 42.3 Å². The number of Topliss-reactive ketones (excluding diaryl/α,β-unsaturated/α-hetero) is 1. The quantitative estimate of drug-likeness (QED) is 0.396. The maximum absolute atomic E-state index is 13.4. The lowest BCUT2D eigenvalue weighted by Crippen LogP contribution is -2.26. The summed E-state index contributed by atoms with van der Waals surface area (Å²) in [4.78, 5) is 30.6. The summed E-state index contributed by atoms with van der Waals surface area (Å²) in [6.07, 6.45) is 4.12. The van der Waals surface area contributed by atoms with Gasteiger partial charge in [-0.15, -0.1) is 0 Å². The summed E-state index contributed by atoms with van der Waals surface area (Å²) in [6.45, 7) is 7.03. The highest BCUT2D eigenvalue weighted by molar-refractivity contribution is 5.96. The van der Waals surface area contributed by atoms with E-state index in [0.717, 1.165) is 17.6 Å². The van der Waals surface area contributed by atoms with Gasteiger partial charge in [0, 0.05) is 25.2 Å². The second-order valence-electron chi connectivity index (χ2n) is 7.79. The number of carbonyl (C=O) groups is 1. The number of rotatable bonds is 9. The van der Waals surface area contributed by atoms with Gasteiger partial charge in [0.2, 0.25) is 0 Å². The molecule has 0 bridgehead atoms. The Kier molecular flexibility index (Phi) is 7.23. The summed E-state index contributed by atoms with van der Waals surface area (Å²) in [5.41, 5.74) is 8.85. The largest absolute Gasteiger partial charge is 0.369 e. The van der Waals surface area contributed by atoms with Gasteiger partial charge in [0.25, 0.3) is 5.56 Å². The van der Waals surface area contributed by atoms with E-state index in [2.05, 4.69) is 16.4 Å². The summed E-state index contributed by atoms with van der Waals surface area (Å²) in [7, 11) is 0. The zero-order chi connectivity index (χ0) is 23.3.